The van der Waals surface area contributed by atoms with E-state index in [0.29, 0.717) is 31.4 Å². The number of benzene rings is 1. The lowest BCUT2D eigenvalue weighted by atomic mass is 9.81. The molecule has 8 nitrogen and oxygen atoms in total. The number of aromatic nitrogens is 1. The van der Waals surface area contributed by atoms with Crippen LogP contribution in [0.25, 0.3) is 0 Å². The average Bonchev–Trinajstić information content (AvgIpc) is 3.58. The summed E-state index contributed by atoms with van der Waals surface area (Å²) < 4.78 is 55.5. The fourth-order valence-corrected chi connectivity index (χ4v) is 3.83. The predicted molar refractivity (Wildman–Crippen MR) is 118 cm³/mol. The molecular formula is C24H26F3N3O5. The number of hydrogen-bond donors (Lipinski definition) is 2. The lowest BCUT2D eigenvalue weighted by molar-refractivity contribution is -0.138. The van der Waals surface area contributed by atoms with Crippen molar-refractivity contribution in [2.75, 3.05) is 14.2 Å². The Balaban J connectivity index is 1.32. The Morgan fingerprint density at radius 2 is 1.83 bits per heavy atom. The van der Waals surface area contributed by atoms with Crippen LogP contribution >= 0.6 is 0 Å². The number of carbonyl (C=O) groups is 2. The number of nitrogens with zero attached hydrogens (tertiary/aromatic N) is 1. The molecule has 4 rings (SSSR count). The Kier molecular flexibility index (Phi) is 6.88. The summed E-state index contributed by atoms with van der Waals surface area (Å²) in [6, 6.07) is 6.42. The van der Waals surface area contributed by atoms with Crippen LogP contribution in [0, 0.1) is 5.92 Å². The van der Waals surface area contributed by atoms with Gasteiger partial charge in [-0.25, -0.2) is 0 Å². The number of ether oxygens (including phenoxy) is 3. The first-order chi connectivity index (χ1) is 16.6. The summed E-state index contributed by atoms with van der Waals surface area (Å²) in [4.78, 5) is 29.2. The van der Waals surface area contributed by atoms with Gasteiger partial charge in [-0.1, -0.05) is 0 Å². The van der Waals surface area contributed by atoms with Crippen molar-refractivity contribution in [2.24, 2.45) is 5.92 Å². The highest BCUT2D eigenvalue weighted by Crippen LogP contribution is 2.40. The number of halogens is 3. The van der Waals surface area contributed by atoms with Crippen molar-refractivity contribution in [1.29, 1.82) is 0 Å². The molecule has 1 aromatic heterocycles. The minimum absolute atomic E-state index is 0.0605. The quantitative estimate of drug-likeness (QED) is 0.554. The summed E-state index contributed by atoms with van der Waals surface area (Å²) in [5.74, 6) is -0.772. The molecule has 0 aliphatic heterocycles. The topological polar surface area (TPSA) is 98.8 Å². The van der Waals surface area contributed by atoms with Crippen LogP contribution in [0.15, 0.2) is 36.5 Å². The van der Waals surface area contributed by atoms with E-state index < -0.39 is 17.3 Å². The molecule has 1 aromatic carbocycles. The summed E-state index contributed by atoms with van der Waals surface area (Å²) in [7, 11) is 2.89. The third-order valence-corrected chi connectivity index (χ3v) is 6.29. The summed E-state index contributed by atoms with van der Waals surface area (Å²) in [5, 5.41) is 5.63. The molecule has 0 saturated heterocycles. The molecule has 0 atom stereocenters. The minimum atomic E-state index is -4.63. The van der Waals surface area contributed by atoms with Crippen LogP contribution in [0.4, 0.5) is 13.2 Å². The molecule has 2 amide bonds. The molecule has 2 N–H and O–H groups in total. The number of alkyl halides is 3. The van der Waals surface area contributed by atoms with Crippen molar-refractivity contribution in [3.8, 4) is 17.2 Å². The van der Waals surface area contributed by atoms with Crippen molar-refractivity contribution in [2.45, 2.75) is 50.0 Å². The van der Waals surface area contributed by atoms with Gasteiger partial charge in [-0.2, -0.15) is 13.2 Å². The number of pyridine rings is 1. The van der Waals surface area contributed by atoms with E-state index in [4.69, 9.17) is 14.2 Å². The number of nitrogens with one attached hydrogen (secondary N) is 2. The number of rotatable bonds is 9. The van der Waals surface area contributed by atoms with Gasteiger partial charge in [0.25, 0.3) is 0 Å². The molecular weight excluding hydrogens is 467 g/mol. The summed E-state index contributed by atoms with van der Waals surface area (Å²) in [6.45, 7) is 0.0995. The second-order valence-electron chi connectivity index (χ2n) is 8.73. The van der Waals surface area contributed by atoms with Gasteiger partial charge in [0.2, 0.25) is 11.8 Å². The first kappa shape index (κ1) is 24.8. The smallest absolute Gasteiger partial charge is 0.420 e. The van der Waals surface area contributed by atoms with Crippen LogP contribution in [0.3, 0.4) is 0 Å². The highest BCUT2D eigenvalue weighted by atomic mass is 19.4. The van der Waals surface area contributed by atoms with Gasteiger partial charge < -0.3 is 24.8 Å². The largest absolute Gasteiger partial charge is 0.497 e. The van der Waals surface area contributed by atoms with Crippen molar-refractivity contribution in [3.63, 3.8) is 0 Å². The van der Waals surface area contributed by atoms with Crippen molar-refractivity contribution < 1.29 is 37.0 Å². The highest BCUT2D eigenvalue weighted by Gasteiger charge is 2.52. The van der Waals surface area contributed by atoms with Crippen LogP contribution in [-0.2, 0) is 27.0 Å². The summed E-state index contributed by atoms with van der Waals surface area (Å²) >= 11 is 0. The molecule has 2 saturated carbocycles. The molecule has 0 unspecified atom stereocenters. The standard InChI is InChI=1S/C24H26F3N3O5/c1-33-16-5-6-20(19(11-16)24(25,26)27)35-17-4-3-15(28-13-17)12-29-22(32)23(7-8-23)30-21(31)14-9-18(10-14)34-2/h3-6,11,13-14,18H,7-10,12H2,1-2H3,(H,29,32)(H,30,31). The second-order valence-corrected chi connectivity index (χ2v) is 8.73. The van der Waals surface area contributed by atoms with E-state index in [9.17, 15) is 22.8 Å². The Morgan fingerprint density at radius 1 is 1.11 bits per heavy atom. The Hall–Kier alpha value is -3.34. The van der Waals surface area contributed by atoms with Gasteiger partial charge in [0.05, 0.1) is 31.6 Å². The molecule has 35 heavy (non-hydrogen) atoms. The zero-order chi connectivity index (χ0) is 25.2. The van der Waals surface area contributed by atoms with Gasteiger partial charge in [-0.05, 0) is 56.0 Å². The van der Waals surface area contributed by atoms with Crippen LogP contribution in [0.5, 0.6) is 17.2 Å². The molecule has 0 spiro atoms. The van der Waals surface area contributed by atoms with Gasteiger partial charge in [0.15, 0.2) is 0 Å². The van der Waals surface area contributed by atoms with Gasteiger partial charge in [0.1, 0.15) is 28.4 Å². The molecule has 0 bridgehead atoms. The maximum absolute atomic E-state index is 13.4. The SMILES string of the molecule is COc1ccc(Oc2ccc(CNC(=O)C3(NC(=O)C4CC(OC)C4)CC3)nc2)c(C(F)(F)F)c1. The van der Waals surface area contributed by atoms with Crippen molar-refractivity contribution in [1.82, 2.24) is 15.6 Å². The fraction of sp³-hybridized carbons (Fsp3) is 0.458. The van der Waals surface area contributed by atoms with E-state index in [-0.39, 0.29) is 47.6 Å². The van der Waals surface area contributed by atoms with Crippen LogP contribution in [-0.4, -0.2) is 42.7 Å². The normalized spacial score (nSPS) is 20.4. The summed E-state index contributed by atoms with van der Waals surface area (Å²) in [6.07, 6.45) is -0.817. The average molecular weight is 493 g/mol. The van der Waals surface area contributed by atoms with E-state index in [1.807, 2.05) is 0 Å². The van der Waals surface area contributed by atoms with Gasteiger partial charge in [0, 0.05) is 13.0 Å². The molecule has 2 fully saturated rings. The fourth-order valence-electron chi connectivity index (χ4n) is 3.83. The first-order valence-corrected chi connectivity index (χ1v) is 11.1. The van der Waals surface area contributed by atoms with Crippen LogP contribution in [0.2, 0.25) is 0 Å². The molecule has 0 radical (unpaired) electrons. The van der Waals surface area contributed by atoms with E-state index in [0.717, 1.165) is 6.07 Å². The number of amides is 2. The number of carbonyl (C=O) groups excluding carboxylic acids is 2. The van der Waals surface area contributed by atoms with Crippen LogP contribution < -0.4 is 20.1 Å². The predicted octanol–water partition coefficient (Wildman–Crippen LogP) is 3.59. The maximum Gasteiger partial charge on any atom is 0.420 e. The van der Waals surface area contributed by atoms with E-state index in [1.54, 1.807) is 13.2 Å². The number of hydrogen-bond acceptors (Lipinski definition) is 6. The van der Waals surface area contributed by atoms with Crippen LogP contribution in [0.1, 0.15) is 36.9 Å². The minimum Gasteiger partial charge on any atom is -0.497 e. The lowest BCUT2D eigenvalue weighted by Crippen LogP contribution is -2.52. The zero-order valence-corrected chi connectivity index (χ0v) is 19.3. The second kappa shape index (κ2) is 9.73. The Labute approximate surface area is 200 Å². The molecule has 11 heteroatoms. The molecule has 2 aliphatic rings. The van der Waals surface area contributed by atoms with Gasteiger partial charge >= 0.3 is 6.18 Å². The van der Waals surface area contributed by atoms with E-state index in [2.05, 4.69) is 15.6 Å². The molecule has 188 valence electrons. The molecule has 2 aromatic rings. The first-order valence-electron chi connectivity index (χ1n) is 11.1. The third kappa shape index (κ3) is 5.67. The van der Waals surface area contributed by atoms with Gasteiger partial charge in [-0.3, -0.25) is 14.6 Å². The van der Waals surface area contributed by atoms with E-state index >= 15 is 0 Å². The number of methoxy groups -OCH3 is 2. The van der Waals surface area contributed by atoms with Crippen molar-refractivity contribution in [3.05, 3.63) is 47.8 Å². The third-order valence-electron chi connectivity index (χ3n) is 6.29. The molecule has 2 aliphatic carbocycles. The zero-order valence-electron chi connectivity index (χ0n) is 19.3. The van der Waals surface area contributed by atoms with Crippen molar-refractivity contribution >= 4 is 11.8 Å². The van der Waals surface area contributed by atoms with E-state index in [1.165, 1.54) is 31.5 Å². The Morgan fingerprint density at radius 3 is 2.40 bits per heavy atom. The monoisotopic (exact) mass is 493 g/mol. The Bertz CT molecular complexity index is 1080. The summed E-state index contributed by atoms with van der Waals surface area (Å²) in [5.41, 5.74) is -1.37. The lowest BCUT2D eigenvalue weighted by Gasteiger charge is -2.34. The molecule has 1 heterocycles. The van der Waals surface area contributed by atoms with Gasteiger partial charge in [-0.15, -0.1) is 0 Å². The maximum atomic E-state index is 13.4. The highest BCUT2D eigenvalue weighted by molar-refractivity contribution is 5.94.